The van der Waals surface area contributed by atoms with Gasteiger partial charge in [-0.05, 0) is 56.6 Å². The van der Waals surface area contributed by atoms with Gasteiger partial charge in [0.25, 0.3) is 0 Å². The Labute approximate surface area is 208 Å². The molecule has 1 aromatic carbocycles. The number of carbonyl (C=O) groups is 3. The number of rotatable bonds is 6. The number of fused-ring (bicyclic) bond motifs is 1. The largest absolute Gasteiger partial charge is 0.366 e. The minimum absolute atomic E-state index is 0.154. The molecule has 3 N–H and O–H groups in total. The molecule has 35 heavy (non-hydrogen) atoms. The summed E-state index contributed by atoms with van der Waals surface area (Å²) in [6.45, 7) is 3.50. The molecule has 0 radical (unpaired) electrons. The molecule has 0 spiro atoms. The zero-order chi connectivity index (χ0) is 25.1. The molecule has 1 fully saturated rings. The lowest BCUT2D eigenvalue weighted by atomic mass is 9.89. The van der Waals surface area contributed by atoms with Crippen LogP contribution in [0.4, 0.5) is 5.69 Å². The third-order valence-electron chi connectivity index (χ3n) is 6.17. The highest BCUT2D eigenvalue weighted by Gasteiger charge is 2.34. The van der Waals surface area contributed by atoms with Crippen LogP contribution in [-0.2, 0) is 16.0 Å². The van der Waals surface area contributed by atoms with E-state index in [1.165, 1.54) is 18.5 Å². The van der Waals surface area contributed by atoms with Crippen LogP contribution in [0.25, 0.3) is 10.2 Å². The maximum absolute atomic E-state index is 13.3. The van der Waals surface area contributed by atoms with Crippen LogP contribution in [0, 0.1) is 5.92 Å². The summed E-state index contributed by atoms with van der Waals surface area (Å²) in [5.74, 6) is -1.76. The molecular weight excluding hydrogens is 464 g/mol. The van der Waals surface area contributed by atoms with Crippen molar-refractivity contribution in [2.45, 2.75) is 32.2 Å². The monoisotopic (exact) mass is 494 g/mol. The number of nitrogens with one attached hydrogen (secondary N) is 1. The molecule has 0 unspecified atom stereocenters. The second-order valence-electron chi connectivity index (χ2n) is 9.32. The van der Waals surface area contributed by atoms with Gasteiger partial charge in [-0.25, -0.2) is 4.98 Å². The fourth-order valence-electron chi connectivity index (χ4n) is 4.31. The molecule has 10 heteroatoms. The van der Waals surface area contributed by atoms with Crippen molar-refractivity contribution in [2.75, 3.05) is 32.5 Å². The van der Waals surface area contributed by atoms with Crippen molar-refractivity contribution < 1.29 is 14.4 Å². The molecular formula is C25H30N6O3S. The van der Waals surface area contributed by atoms with Crippen LogP contribution >= 0.6 is 11.3 Å². The van der Waals surface area contributed by atoms with E-state index < -0.39 is 17.7 Å². The van der Waals surface area contributed by atoms with Gasteiger partial charge in [0.2, 0.25) is 5.91 Å². The minimum Gasteiger partial charge on any atom is -0.366 e. The van der Waals surface area contributed by atoms with Crippen molar-refractivity contribution in [3.05, 3.63) is 52.8 Å². The number of likely N-dealkylation sites (N-methyl/N-ethyl adjacent to an activating group) is 1. The molecule has 3 aromatic rings. The predicted molar refractivity (Wildman–Crippen MR) is 136 cm³/mol. The van der Waals surface area contributed by atoms with E-state index in [2.05, 4.69) is 28.2 Å². The molecule has 3 heterocycles. The average Bonchev–Trinajstić information content (AvgIpc) is 3.24. The number of nitrogens with two attached hydrogens (primary N) is 1. The van der Waals surface area contributed by atoms with Crippen LogP contribution in [0.5, 0.6) is 0 Å². The molecule has 0 saturated carbocycles. The van der Waals surface area contributed by atoms with Gasteiger partial charge in [0.15, 0.2) is 0 Å². The van der Waals surface area contributed by atoms with Crippen molar-refractivity contribution >= 4 is 45.0 Å². The highest BCUT2D eigenvalue weighted by molar-refractivity contribution is 7.18. The number of anilines is 1. The van der Waals surface area contributed by atoms with Crippen molar-refractivity contribution in [3.63, 3.8) is 0 Å². The van der Waals surface area contributed by atoms with Crippen LogP contribution < -0.4 is 11.1 Å². The number of hydrogen-bond donors (Lipinski definition) is 2. The first kappa shape index (κ1) is 24.7. The third-order valence-corrected chi connectivity index (χ3v) is 7.26. The highest BCUT2D eigenvalue weighted by atomic mass is 32.1. The number of pyridine rings is 1. The second kappa shape index (κ2) is 10.5. The fourth-order valence-corrected chi connectivity index (χ4v) is 5.24. The standard InChI is InChI=1S/C25H30N6O3S/c1-15-4-6-20(16-5-7-21-19(11-16)29-22(35-21)8-9-30(2)3)31(14-15)25(34)24(33)28-18-10-17(23(26)32)12-27-13-18/h5,7,10-13,15,20H,4,6,8-9,14H2,1-3H3,(H2,26,32)(H,28,33)/t15-,20+/m0/s1. The van der Waals surface area contributed by atoms with Crippen molar-refractivity contribution in [1.29, 1.82) is 0 Å². The van der Waals surface area contributed by atoms with Crippen LogP contribution in [-0.4, -0.2) is 64.7 Å². The van der Waals surface area contributed by atoms with Crippen LogP contribution in [0.1, 0.15) is 46.7 Å². The van der Waals surface area contributed by atoms with E-state index in [0.717, 1.165) is 46.6 Å². The molecule has 2 aromatic heterocycles. The lowest BCUT2D eigenvalue weighted by Gasteiger charge is -2.38. The Morgan fingerprint density at radius 1 is 1.20 bits per heavy atom. The van der Waals surface area contributed by atoms with E-state index >= 15 is 0 Å². The zero-order valence-corrected chi connectivity index (χ0v) is 21.0. The summed E-state index contributed by atoms with van der Waals surface area (Å²) in [5, 5.41) is 3.65. The first-order chi connectivity index (χ1) is 16.7. The second-order valence-corrected chi connectivity index (χ2v) is 10.4. The van der Waals surface area contributed by atoms with E-state index in [4.69, 9.17) is 10.7 Å². The number of primary amides is 1. The summed E-state index contributed by atoms with van der Waals surface area (Å²) in [7, 11) is 4.09. The van der Waals surface area contributed by atoms with Crippen molar-refractivity contribution in [2.24, 2.45) is 11.7 Å². The Morgan fingerprint density at radius 2 is 2.00 bits per heavy atom. The van der Waals surface area contributed by atoms with Gasteiger partial charge in [0.1, 0.15) is 0 Å². The van der Waals surface area contributed by atoms with Gasteiger partial charge in [0.05, 0.1) is 38.7 Å². The molecule has 1 aliphatic heterocycles. The van der Waals surface area contributed by atoms with Crippen LogP contribution in [0.2, 0.25) is 0 Å². The molecule has 0 bridgehead atoms. The number of benzene rings is 1. The lowest BCUT2D eigenvalue weighted by molar-refractivity contribution is -0.146. The molecule has 4 rings (SSSR count). The zero-order valence-electron chi connectivity index (χ0n) is 20.2. The summed E-state index contributed by atoms with van der Waals surface area (Å²) in [4.78, 5) is 50.0. The van der Waals surface area contributed by atoms with Gasteiger partial charge in [-0.3, -0.25) is 19.4 Å². The Morgan fingerprint density at radius 3 is 2.74 bits per heavy atom. The average molecular weight is 495 g/mol. The summed E-state index contributed by atoms with van der Waals surface area (Å²) < 4.78 is 1.11. The molecule has 1 aliphatic rings. The number of likely N-dealkylation sites (tertiary alicyclic amines) is 1. The topological polar surface area (TPSA) is 122 Å². The molecule has 3 amide bonds. The number of nitrogens with zero attached hydrogens (tertiary/aromatic N) is 4. The Bertz CT molecular complexity index is 1260. The van der Waals surface area contributed by atoms with Crippen LogP contribution in [0.15, 0.2) is 36.7 Å². The van der Waals surface area contributed by atoms with Gasteiger partial charge in [-0.2, -0.15) is 0 Å². The van der Waals surface area contributed by atoms with Gasteiger partial charge in [-0.1, -0.05) is 13.0 Å². The number of thiazole rings is 1. The van der Waals surface area contributed by atoms with E-state index in [1.54, 1.807) is 16.2 Å². The lowest BCUT2D eigenvalue weighted by Crippen LogP contribution is -2.46. The Hall–Kier alpha value is -3.37. The van der Waals surface area contributed by atoms with E-state index in [9.17, 15) is 14.4 Å². The smallest absolute Gasteiger partial charge is 0.313 e. The molecule has 0 aliphatic carbocycles. The summed E-state index contributed by atoms with van der Waals surface area (Å²) >= 11 is 1.69. The number of hydrogen-bond acceptors (Lipinski definition) is 7. The molecule has 184 valence electrons. The van der Waals surface area contributed by atoms with Gasteiger partial charge in [-0.15, -0.1) is 11.3 Å². The number of carbonyl (C=O) groups excluding carboxylic acids is 3. The number of aromatic nitrogens is 2. The Balaban J connectivity index is 1.54. The van der Waals surface area contributed by atoms with E-state index in [-0.39, 0.29) is 23.2 Å². The maximum atomic E-state index is 13.3. The number of piperidine rings is 1. The molecule has 2 atom stereocenters. The van der Waals surface area contributed by atoms with Gasteiger partial charge in [0, 0.05) is 25.7 Å². The first-order valence-corrected chi connectivity index (χ1v) is 12.4. The van der Waals surface area contributed by atoms with Crippen molar-refractivity contribution in [1.82, 2.24) is 19.8 Å². The van der Waals surface area contributed by atoms with Gasteiger partial charge < -0.3 is 20.9 Å². The van der Waals surface area contributed by atoms with Crippen molar-refractivity contribution in [3.8, 4) is 0 Å². The summed E-state index contributed by atoms with van der Waals surface area (Å²) in [6, 6.07) is 7.33. The molecule has 9 nitrogen and oxygen atoms in total. The van der Waals surface area contributed by atoms with Crippen LogP contribution in [0.3, 0.4) is 0 Å². The SMILES string of the molecule is C[C@H]1CC[C@H](c2ccc3sc(CCN(C)C)nc3c2)N(C(=O)C(=O)Nc2cncc(C(N)=O)c2)C1. The first-order valence-electron chi connectivity index (χ1n) is 11.6. The number of amides is 3. The summed E-state index contributed by atoms with van der Waals surface area (Å²) in [6.07, 6.45) is 5.30. The van der Waals surface area contributed by atoms with E-state index in [0.29, 0.717) is 6.54 Å². The third kappa shape index (κ3) is 5.83. The summed E-state index contributed by atoms with van der Waals surface area (Å²) in [5.41, 5.74) is 7.59. The normalized spacial score (nSPS) is 18.1. The fraction of sp³-hybridized carbons (Fsp3) is 0.400. The Kier molecular flexibility index (Phi) is 7.42. The maximum Gasteiger partial charge on any atom is 0.313 e. The molecule has 1 saturated heterocycles. The predicted octanol–water partition coefficient (Wildman–Crippen LogP) is 2.83. The quantitative estimate of drug-likeness (QED) is 0.508. The minimum atomic E-state index is -0.770. The van der Waals surface area contributed by atoms with E-state index in [1.807, 2.05) is 26.2 Å². The highest BCUT2D eigenvalue weighted by Crippen LogP contribution is 2.35. The van der Waals surface area contributed by atoms with Gasteiger partial charge >= 0.3 is 11.8 Å².